The number of Topliss-reactive ketones (excluding diaryl/α,β-unsaturated/α-hetero) is 1. The summed E-state index contributed by atoms with van der Waals surface area (Å²) in [6.07, 6.45) is 5.62. The first kappa shape index (κ1) is 19.6. The summed E-state index contributed by atoms with van der Waals surface area (Å²) in [6.45, 7) is 4.29. The maximum absolute atomic E-state index is 11.8. The van der Waals surface area contributed by atoms with Crippen LogP contribution in [0.2, 0.25) is 0 Å². The van der Waals surface area contributed by atoms with Gasteiger partial charge in [-0.3, -0.25) is 4.79 Å². The summed E-state index contributed by atoms with van der Waals surface area (Å²) in [5, 5.41) is 3.74. The number of hydrogen-bond acceptors (Lipinski definition) is 3. The van der Waals surface area contributed by atoms with Crippen LogP contribution in [0, 0.1) is 12.8 Å². The lowest BCUT2D eigenvalue weighted by molar-refractivity contribution is 0.101. The van der Waals surface area contributed by atoms with E-state index in [9.17, 15) is 4.79 Å². The lowest BCUT2D eigenvalue weighted by atomic mass is 9.76. The fraction of sp³-hybridized carbons (Fsp3) is 0.250. The van der Waals surface area contributed by atoms with Crippen LogP contribution in [0.25, 0.3) is 0 Å². The molecule has 3 heteroatoms. The summed E-state index contributed by atoms with van der Waals surface area (Å²) in [5.41, 5.74) is 6.84. The highest BCUT2D eigenvalue weighted by Crippen LogP contribution is 2.50. The number of fused-ring (bicyclic) bond motifs is 3. The van der Waals surface area contributed by atoms with Gasteiger partial charge in [0, 0.05) is 17.2 Å². The number of anilines is 1. The smallest absolute Gasteiger partial charge is 0.159 e. The van der Waals surface area contributed by atoms with Crippen molar-refractivity contribution in [3.63, 3.8) is 0 Å². The average molecular weight is 410 g/mol. The maximum Gasteiger partial charge on any atom is 0.159 e. The quantitative estimate of drug-likeness (QED) is 0.381. The van der Waals surface area contributed by atoms with Gasteiger partial charge in [-0.25, -0.2) is 0 Å². The lowest BCUT2D eigenvalue weighted by Crippen LogP contribution is -2.29. The molecule has 1 N–H and O–H groups in total. The Hall–Kier alpha value is -3.33. The Morgan fingerprint density at radius 1 is 1.03 bits per heavy atom. The molecule has 0 radical (unpaired) electrons. The zero-order chi connectivity index (χ0) is 21.4. The van der Waals surface area contributed by atoms with Crippen LogP contribution >= 0.6 is 0 Å². The third kappa shape index (κ3) is 3.88. The molecular weight excluding hydrogens is 382 g/mol. The highest BCUT2D eigenvalue weighted by Gasteiger charge is 2.38. The van der Waals surface area contributed by atoms with Gasteiger partial charge in [-0.1, -0.05) is 54.1 Å². The van der Waals surface area contributed by atoms with Crippen molar-refractivity contribution in [2.24, 2.45) is 5.92 Å². The van der Waals surface area contributed by atoms with E-state index in [4.69, 9.17) is 4.74 Å². The number of ketones is 1. The minimum absolute atomic E-state index is 0.115. The normalized spacial score (nSPS) is 21.2. The molecule has 0 amide bonds. The summed E-state index contributed by atoms with van der Waals surface area (Å²) in [6, 6.07) is 23.2. The van der Waals surface area contributed by atoms with Gasteiger partial charge in [-0.2, -0.15) is 0 Å². The zero-order valence-electron chi connectivity index (χ0n) is 18.0. The van der Waals surface area contributed by atoms with Crippen molar-refractivity contribution in [3.05, 3.63) is 107 Å². The number of benzene rings is 3. The second kappa shape index (κ2) is 8.07. The van der Waals surface area contributed by atoms with Gasteiger partial charge in [0.05, 0.1) is 6.04 Å². The van der Waals surface area contributed by atoms with Crippen molar-refractivity contribution in [3.8, 4) is 5.75 Å². The second-order valence-electron chi connectivity index (χ2n) is 8.68. The van der Waals surface area contributed by atoms with Gasteiger partial charge in [-0.15, -0.1) is 0 Å². The van der Waals surface area contributed by atoms with Crippen LogP contribution in [0.4, 0.5) is 5.69 Å². The van der Waals surface area contributed by atoms with Gasteiger partial charge in [-0.05, 0) is 73.2 Å². The van der Waals surface area contributed by atoms with Crippen LogP contribution in [0.1, 0.15) is 57.9 Å². The highest BCUT2D eigenvalue weighted by molar-refractivity contribution is 5.95. The number of carbonyl (C=O) groups excluding carboxylic acids is 1. The van der Waals surface area contributed by atoms with E-state index in [1.165, 1.54) is 22.3 Å². The molecule has 0 fully saturated rings. The molecule has 0 spiro atoms. The standard InChI is InChI=1S/C28H27NO2/c1-18-6-8-20(9-7-18)17-31-23-13-10-21(11-14-23)28-25-5-3-4-24(25)26-16-22(19(2)30)12-15-27(26)29-28/h3-4,6-16,24-25,28-29H,5,17H2,1-2H3/t24-,25+,28+/m1/s1. The summed E-state index contributed by atoms with van der Waals surface area (Å²) >= 11 is 0. The molecule has 0 saturated heterocycles. The lowest BCUT2D eigenvalue weighted by Gasteiger charge is -2.37. The molecule has 0 saturated carbocycles. The number of allylic oxidation sites excluding steroid dienone is 2. The van der Waals surface area contributed by atoms with E-state index in [0.29, 0.717) is 18.4 Å². The summed E-state index contributed by atoms with van der Waals surface area (Å²) in [7, 11) is 0. The molecule has 3 nitrogen and oxygen atoms in total. The Morgan fingerprint density at radius 3 is 2.55 bits per heavy atom. The molecular formula is C28H27NO2. The van der Waals surface area contributed by atoms with E-state index in [0.717, 1.165) is 23.4 Å². The third-order valence-electron chi connectivity index (χ3n) is 6.53. The second-order valence-corrected chi connectivity index (χ2v) is 8.68. The predicted molar refractivity (Wildman–Crippen MR) is 125 cm³/mol. The van der Waals surface area contributed by atoms with Gasteiger partial charge < -0.3 is 10.1 Å². The monoisotopic (exact) mass is 409 g/mol. The molecule has 3 aromatic rings. The molecule has 3 aromatic carbocycles. The molecule has 31 heavy (non-hydrogen) atoms. The Labute approximate surface area is 183 Å². The molecule has 5 rings (SSSR count). The van der Waals surface area contributed by atoms with Crippen LogP contribution < -0.4 is 10.1 Å². The first-order chi connectivity index (χ1) is 15.1. The van der Waals surface area contributed by atoms with Crippen LogP contribution in [0.3, 0.4) is 0 Å². The summed E-state index contributed by atoms with van der Waals surface area (Å²) in [4.78, 5) is 11.8. The van der Waals surface area contributed by atoms with Gasteiger partial charge in [0.15, 0.2) is 5.78 Å². The Balaban J connectivity index is 1.34. The summed E-state index contributed by atoms with van der Waals surface area (Å²) < 4.78 is 5.99. The Kier molecular flexibility index (Phi) is 5.11. The number of carbonyl (C=O) groups is 1. The van der Waals surface area contributed by atoms with Crippen molar-refractivity contribution in [2.75, 3.05) is 5.32 Å². The third-order valence-corrected chi connectivity index (χ3v) is 6.53. The number of rotatable bonds is 5. The van der Waals surface area contributed by atoms with Crippen molar-refractivity contribution in [1.82, 2.24) is 0 Å². The minimum Gasteiger partial charge on any atom is -0.489 e. The first-order valence-electron chi connectivity index (χ1n) is 10.9. The average Bonchev–Trinajstić information content (AvgIpc) is 3.28. The molecule has 1 aliphatic carbocycles. The van der Waals surface area contributed by atoms with Gasteiger partial charge in [0.25, 0.3) is 0 Å². The van der Waals surface area contributed by atoms with Crippen LogP contribution in [-0.4, -0.2) is 5.78 Å². The molecule has 0 bridgehead atoms. The molecule has 1 aliphatic heterocycles. The van der Waals surface area contributed by atoms with Crippen molar-refractivity contribution >= 4 is 11.5 Å². The highest BCUT2D eigenvalue weighted by atomic mass is 16.5. The molecule has 1 heterocycles. The van der Waals surface area contributed by atoms with Crippen LogP contribution in [0.15, 0.2) is 78.9 Å². The molecule has 0 aromatic heterocycles. The molecule has 156 valence electrons. The van der Waals surface area contributed by atoms with Crippen LogP contribution in [0.5, 0.6) is 5.75 Å². The maximum atomic E-state index is 11.8. The van der Waals surface area contributed by atoms with E-state index in [2.05, 4.69) is 85.1 Å². The molecule has 3 atom stereocenters. The van der Waals surface area contributed by atoms with E-state index < -0.39 is 0 Å². The fourth-order valence-electron chi connectivity index (χ4n) is 4.77. The van der Waals surface area contributed by atoms with E-state index in [1.54, 1.807) is 6.92 Å². The van der Waals surface area contributed by atoms with Crippen molar-refractivity contribution in [2.45, 2.75) is 38.8 Å². The van der Waals surface area contributed by atoms with Gasteiger partial charge in [0.2, 0.25) is 0 Å². The number of nitrogens with one attached hydrogen (secondary N) is 1. The van der Waals surface area contributed by atoms with E-state index in [1.807, 2.05) is 6.07 Å². The zero-order valence-corrected chi connectivity index (χ0v) is 18.0. The molecule has 2 aliphatic rings. The number of ether oxygens (including phenoxy) is 1. The van der Waals surface area contributed by atoms with Crippen LogP contribution in [-0.2, 0) is 6.61 Å². The number of hydrogen-bond donors (Lipinski definition) is 1. The first-order valence-corrected chi connectivity index (χ1v) is 10.9. The fourth-order valence-corrected chi connectivity index (χ4v) is 4.77. The van der Waals surface area contributed by atoms with E-state index in [-0.39, 0.29) is 11.8 Å². The Morgan fingerprint density at radius 2 is 1.81 bits per heavy atom. The Bertz CT molecular complexity index is 1130. The van der Waals surface area contributed by atoms with Gasteiger partial charge >= 0.3 is 0 Å². The van der Waals surface area contributed by atoms with Crippen molar-refractivity contribution in [1.29, 1.82) is 0 Å². The minimum atomic E-state index is 0.115. The SMILES string of the molecule is CC(=O)c1ccc2c(c1)[C@@H]1C=CC[C@@H]1[C@H](c1ccc(OCc3ccc(C)cc3)cc1)N2. The predicted octanol–water partition coefficient (Wildman–Crippen LogP) is 6.60. The van der Waals surface area contributed by atoms with Crippen molar-refractivity contribution < 1.29 is 9.53 Å². The topological polar surface area (TPSA) is 38.3 Å². The van der Waals surface area contributed by atoms with E-state index >= 15 is 0 Å². The number of aryl methyl sites for hydroxylation is 1. The summed E-state index contributed by atoms with van der Waals surface area (Å²) in [5.74, 6) is 1.80. The molecule has 0 unspecified atom stereocenters. The van der Waals surface area contributed by atoms with Gasteiger partial charge in [0.1, 0.15) is 12.4 Å². The largest absolute Gasteiger partial charge is 0.489 e.